The number of rotatable bonds is 8. The molecule has 6 nitrogen and oxygen atoms in total. The Labute approximate surface area is 165 Å². The molecule has 0 radical (unpaired) electrons. The lowest BCUT2D eigenvalue weighted by atomic mass is 10.2. The molecule has 0 unspecified atom stereocenters. The molecule has 2 rings (SSSR count). The molecule has 0 aliphatic carbocycles. The van der Waals surface area contributed by atoms with Gasteiger partial charge in [-0.2, -0.15) is 0 Å². The number of nitrogens with zero attached hydrogens (tertiary/aromatic N) is 2. The van der Waals surface area contributed by atoms with Gasteiger partial charge in [0.15, 0.2) is 0 Å². The summed E-state index contributed by atoms with van der Waals surface area (Å²) in [6.45, 7) is 4.82. The molecule has 6 heteroatoms. The second kappa shape index (κ2) is 10.3. The molecule has 0 bridgehead atoms. The summed E-state index contributed by atoms with van der Waals surface area (Å²) in [5.41, 5.74) is 2.12. The molecule has 0 aromatic heterocycles. The molecule has 0 N–H and O–H groups in total. The van der Waals surface area contributed by atoms with Crippen molar-refractivity contribution >= 4 is 23.5 Å². The third-order valence-corrected chi connectivity index (χ3v) is 4.48. The molecular formula is C22H26N2O4. The van der Waals surface area contributed by atoms with Crippen molar-refractivity contribution in [3.8, 4) is 0 Å². The first-order valence-electron chi connectivity index (χ1n) is 9.24. The number of carbonyl (C=O) groups is 3. The Morgan fingerprint density at radius 1 is 0.964 bits per heavy atom. The van der Waals surface area contributed by atoms with E-state index < -0.39 is 5.97 Å². The summed E-state index contributed by atoms with van der Waals surface area (Å²) in [7, 11) is 1.32. The van der Waals surface area contributed by atoms with Crippen LogP contribution in [0.4, 0.5) is 5.69 Å². The summed E-state index contributed by atoms with van der Waals surface area (Å²) >= 11 is 0. The van der Waals surface area contributed by atoms with Crippen molar-refractivity contribution < 1.29 is 19.1 Å². The molecule has 0 atom stereocenters. The van der Waals surface area contributed by atoms with Crippen LogP contribution in [0.25, 0.3) is 0 Å². The summed E-state index contributed by atoms with van der Waals surface area (Å²) in [5, 5.41) is 0. The first kappa shape index (κ1) is 21.2. The predicted molar refractivity (Wildman–Crippen MR) is 108 cm³/mol. The van der Waals surface area contributed by atoms with Gasteiger partial charge >= 0.3 is 5.97 Å². The van der Waals surface area contributed by atoms with Crippen LogP contribution < -0.4 is 4.90 Å². The van der Waals surface area contributed by atoms with Crippen molar-refractivity contribution in [2.24, 2.45) is 0 Å². The van der Waals surface area contributed by atoms with Gasteiger partial charge < -0.3 is 14.5 Å². The average Bonchev–Trinajstić information content (AvgIpc) is 2.72. The highest BCUT2D eigenvalue weighted by Crippen LogP contribution is 2.17. The van der Waals surface area contributed by atoms with E-state index >= 15 is 0 Å². The van der Waals surface area contributed by atoms with E-state index in [1.807, 2.05) is 37.3 Å². The van der Waals surface area contributed by atoms with Gasteiger partial charge in [-0.05, 0) is 36.8 Å². The topological polar surface area (TPSA) is 66.9 Å². The average molecular weight is 382 g/mol. The van der Waals surface area contributed by atoms with Gasteiger partial charge in [0.05, 0.1) is 12.7 Å². The van der Waals surface area contributed by atoms with E-state index in [1.165, 1.54) is 18.9 Å². The fourth-order valence-corrected chi connectivity index (χ4v) is 2.91. The second-order valence-corrected chi connectivity index (χ2v) is 6.35. The molecule has 0 aliphatic rings. The summed E-state index contributed by atoms with van der Waals surface area (Å²) in [4.78, 5) is 39.6. The maximum Gasteiger partial charge on any atom is 0.337 e. The maximum absolute atomic E-state index is 12.6. The Bertz CT molecular complexity index is 803. The van der Waals surface area contributed by atoms with E-state index in [4.69, 9.17) is 0 Å². The first-order valence-corrected chi connectivity index (χ1v) is 9.24. The van der Waals surface area contributed by atoms with Gasteiger partial charge in [0.2, 0.25) is 11.8 Å². The van der Waals surface area contributed by atoms with E-state index in [0.717, 1.165) is 5.56 Å². The van der Waals surface area contributed by atoms with Crippen LogP contribution in [0.15, 0.2) is 54.6 Å². The summed E-state index contributed by atoms with van der Waals surface area (Å²) in [5.74, 6) is -0.607. The predicted octanol–water partition coefficient (Wildman–Crippen LogP) is 3.26. The summed E-state index contributed by atoms with van der Waals surface area (Å²) < 4.78 is 4.68. The Balaban J connectivity index is 2.02. The normalized spacial score (nSPS) is 10.2. The van der Waals surface area contributed by atoms with Crippen molar-refractivity contribution in [1.82, 2.24) is 4.90 Å². The van der Waals surface area contributed by atoms with Crippen LogP contribution in [0.2, 0.25) is 0 Å². The standard InChI is InChI=1S/C22H26N2O4/c1-4-23(16-18-8-6-5-7-9-18)21(26)14-15-24(17(2)25)20-12-10-19(11-13-20)22(27)28-3/h5-13H,4,14-16H2,1-3H3. The fourth-order valence-electron chi connectivity index (χ4n) is 2.91. The quantitative estimate of drug-likeness (QED) is 0.657. The minimum Gasteiger partial charge on any atom is -0.465 e. The third-order valence-electron chi connectivity index (χ3n) is 4.48. The monoisotopic (exact) mass is 382 g/mol. The van der Waals surface area contributed by atoms with Crippen molar-refractivity contribution in [2.45, 2.75) is 26.8 Å². The SMILES string of the molecule is CCN(Cc1ccccc1)C(=O)CCN(C(C)=O)c1ccc(C(=O)OC)cc1. The smallest absolute Gasteiger partial charge is 0.337 e. The van der Waals surface area contributed by atoms with Gasteiger partial charge in [-0.25, -0.2) is 4.79 Å². The van der Waals surface area contributed by atoms with Crippen molar-refractivity contribution in [2.75, 3.05) is 25.1 Å². The van der Waals surface area contributed by atoms with Crippen LogP contribution in [0.5, 0.6) is 0 Å². The number of esters is 1. The zero-order chi connectivity index (χ0) is 20.5. The molecule has 0 saturated heterocycles. The highest BCUT2D eigenvalue weighted by Gasteiger charge is 2.17. The molecule has 0 spiro atoms. The minimum atomic E-state index is -0.435. The Hall–Kier alpha value is -3.15. The highest BCUT2D eigenvalue weighted by molar-refractivity contribution is 5.94. The van der Waals surface area contributed by atoms with E-state index in [2.05, 4.69) is 4.74 Å². The molecule has 0 heterocycles. The number of hydrogen-bond donors (Lipinski definition) is 0. The molecule has 2 amide bonds. The molecule has 2 aromatic rings. The highest BCUT2D eigenvalue weighted by atomic mass is 16.5. The molecule has 0 saturated carbocycles. The van der Waals surface area contributed by atoms with Gasteiger partial charge in [0.25, 0.3) is 0 Å². The van der Waals surface area contributed by atoms with Gasteiger partial charge in [-0.15, -0.1) is 0 Å². The molecular weight excluding hydrogens is 356 g/mol. The maximum atomic E-state index is 12.6. The minimum absolute atomic E-state index is 0.0104. The van der Waals surface area contributed by atoms with E-state index in [0.29, 0.717) is 24.3 Å². The summed E-state index contributed by atoms with van der Waals surface area (Å²) in [6, 6.07) is 16.4. The largest absolute Gasteiger partial charge is 0.465 e. The number of ether oxygens (including phenoxy) is 1. The van der Waals surface area contributed by atoms with Gasteiger partial charge in [0, 0.05) is 38.7 Å². The molecule has 148 valence electrons. The number of methoxy groups -OCH3 is 1. The lowest BCUT2D eigenvalue weighted by molar-refractivity contribution is -0.131. The third kappa shape index (κ3) is 5.67. The number of carbonyl (C=O) groups excluding carboxylic acids is 3. The van der Waals surface area contributed by atoms with Crippen LogP contribution >= 0.6 is 0 Å². The first-order chi connectivity index (χ1) is 13.5. The second-order valence-electron chi connectivity index (χ2n) is 6.35. The Morgan fingerprint density at radius 2 is 1.61 bits per heavy atom. The number of benzene rings is 2. The van der Waals surface area contributed by atoms with Gasteiger partial charge in [0.1, 0.15) is 0 Å². The lowest BCUT2D eigenvalue weighted by Crippen LogP contribution is -2.36. The van der Waals surface area contributed by atoms with Crippen LogP contribution in [0.3, 0.4) is 0 Å². The van der Waals surface area contributed by atoms with Gasteiger partial charge in [-0.1, -0.05) is 30.3 Å². The van der Waals surface area contributed by atoms with Crippen LogP contribution in [0.1, 0.15) is 36.2 Å². The zero-order valence-corrected chi connectivity index (χ0v) is 16.6. The fraction of sp³-hybridized carbons (Fsp3) is 0.318. The van der Waals surface area contributed by atoms with Crippen LogP contribution in [-0.4, -0.2) is 42.9 Å². The number of amides is 2. The lowest BCUT2D eigenvalue weighted by Gasteiger charge is -2.25. The zero-order valence-electron chi connectivity index (χ0n) is 16.6. The van der Waals surface area contributed by atoms with Crippen molar-refractivity contribution in [3.63, 3.8) is 0 Å². The van der Waals surface area contributed by atoms with Crippen LogP contribution in [0, 0.1) is 0 Å². The molecule has 0 aliphatic heterocycles. The van der Waals surface area contributed by atoms with Crippen molar-refractivity contribution in [1.29, 1.82) is 0 Å². The Kier molecular flexibility index (Phi) is 7.75. The van der Waals surface area contributed by atoms with E-state index in [9.17, 15) is 14.4 Å². The Morgan fingerprint density at radius 3 is 2.14 bits per heavy atom. The molecule has 0 fully saturated rings. The van der Waals surface area contributed by atoms with Crippen molar-refractivity contribution in [3.05, 3.63) is 65.7 Å². The number of hydrogen-bond acceptors (Lipinski definition) is 4. The molecule has 28 heavy (non-hydrogen) atoms. The number of anilines is 1. The van der Waals surface area contributed by atoms with E-state index in [-0.39, 0.29) is 24.8 Å². The molecule has 2 aromatic carbocycles. The van der Waals surface area contributed by atoms with E-state index in [1.54, 1.807) is 29.2 Å². The summed E-state index contributed by atoms with van der Waals surface area (Å²) in [6.07, 6.45) is 0.221. The van der Waals surface area contributed by atoms with Gasteiger partial charge in [-0.3, -0.25) is 9.59 Å². The van der Waals surface area contributed by atoms with Crippen LogP contribution in [-0.2, 0) is 20.9 Å².